The third kappa shape index (κ3) is 5.26. The molecule has 34 heavy (non-hydrogen) atoms. The average Bonchev–Trinajstić information content (AvgIpc) is 3.28. The molecule has 8 heteroatoms. The number of rotatable bonds is 8. The molecule has 0 bridgehead atoms. The number of aliphatic imine (C=N–C) groups is 1. The smallest absolute Gasteiger partial charge is 0.317 e. The lowest BCUT2D eigenvalue weighted by Gasteiger charge is -2.33. The quantitative estimate of drug-likeness (QED) is 0.588. The molecule has 0 spiro atoms. The fraction of sp³-hybridized carbons (Fsp3) is 0.462. The van der Waals surface area contributed by atoms with Gasteiger partial charge in [0.05, 0.1) is 35.8 Å². The predicted molar refractivity (Wildman–Crippen MR) is 126 cm³/mol. The van der Waals surface area contributed by atoms with Crippen LogP contribution < -0.4 is 4.74 Å². The van der Waals surface area contributed by atoms with Crippen molar-refractivity contribution in [1.29, 1.82) is 5.26 Å². The first-order valence-corrected chi connectivity index (χ1v) is 11.9. The van der Waals surface area contributed by atoms with E-state index >= 15 is 0 Å². The van der Waals surface area contributed by atoms with Gasteiger partial charge in [-0.2, -0.15) is 10.2 Å². The Balaban J connectivity index is 1.16. The molecule has 1 aliphatic carbocycles. The molecule has 3 aliphatic rings. The molecule has 5 rings (SSSR count). The van der Waals surface area contributed by atoms with Crippen LogP contribution in [0.25, 0.3) is 5.57 Å². The van der Waals surface area contributed by atoms with Crippen LogP contribution in [0.1, 0.15) is 48.9 Å². The molecule has 1 aromatic carbocycles. The summed E-state index contributed by atoms with van der Waals surface area (Å²) in [6, 6.07) is 8.36. The van der Waals surface area contributed by atoms with Gasteiger partial charge in [-0.25, -0.2) is 9.37 Å². The first-order chi connectivity index (χ1) is 16.7. The second kappa shape index (κ2) is 10.3. The summed E-state index contributed by atoms with van der Waals surface area (Å²) in [6.07, 6.45) is 9.54. The monoisotopic (exact) mass is 461 g/mol. The zero-order valence-corrected chi connectivity index (χ0v) is 19.1. The van der Waals surface area contributed by atoms with Crippen LogP contribution in [0.4, 0.5) is 4.39 Å². The summed E-state index contributed by atoms with van der Waals surface area (Å²) in [4.78, 5) is 15.9. The molecule has 3 heterocycles. The maximum atomic E-state index is 14.1. The topological polar surface area (TPSA) is 83.6 Å². The number of amidine groups is 1. The molecule has 1 fully saturated rings. The third-order valence-electron chi connectivity index (χ3n) is 6.74. The molecule has 0 amide bonds. The number of ether oxygens (including phenoxy) is 2. The van der Waals surface area contributed by atoms with E-state index in [1.807, 2.05) is 12.1 Å². The highest BCUT2D eigenvalue weighted by molar-refractivity contribution is 5.84. The number of nitrogens with zero attached hydrogens (tertiary/aromatic N) is 5. The molecule has 2 atom stereocenters. The Morgan fingerprint density at radius 3 is 2.91 bits per heavy atom. The van der Waals surface area contributed by atoms with Crippen molar-refractivity contribution < 1.29 is 13.9 Å². The zero-order chi connectivity index (χ0) is 23.3. The number of hydrogen-bond donors (Lipinski definition) is 0. The lowest BCUT2D eigenvalue weighted by atomic mass is 9.86. The van der Waals surface area contributed by atoms with Gasteiger partial charge in [-0.3, -0.25) is 4.99 Å². The van der Waals surface area contributed by atoms with Crippen LogP contribution in [0.3, 0.4) is 0 Å². The second-order valence-corrected chi connectivity index (χ2v) is 9.03. The van der Waals surface area contributed by atoms with Gasteiger partial charge >= 0.3 is 6.01 Å². The number of hydrogen-bond acceptors (Lipinski definition) is 7. The Kier molecular flexibility index (Phi) is 6.82. The van der Waals surface area contributed by atoms with E-state index in [0.29, 0.717) is 17.6 Å². The van der Waals surface area contributed by atoms with Gasteiger partial charge in [-0.1, -0.05) is 12.1 Å². The van der Waals surface area contributed by atoms with Crippen LogP contribution in [-0.4, -0.2) is 53.0 Å². The molecule has 0 radical (unpaired) electrons. The molecule has 1 aromatic heterocycles. The third-order valence-corrected chi connectivity index (χ3v) is 6.74. The minimum absolute atomic E-state index is 0.00657. The fourth-order valence-corrected chi connectivity index (χ4v) is 4.62. The maximum absolute atomic E-state index is 14.1. The highest BCUT2D eigenvalue weighted by atomic mass is 19.1. The van der Waals surface area contributed by atoms with Gasteiger partial charge in [-0.05, 0) is 55.4 Å². The fourth-order valence-electron chi connectivity index (χ4n) is 4.62. The molecule has 7 nitrogen and oxygen atoms in total. The Labute approximate surface area is 199 Å². The van der Waals surface area contributed by atoms with Gasteiger partial charge < -0.3 is 14.4 Å². The van der Waals surface area contributed by atoms with Gasteiger partial charge in [0.25, 0.3) is 0 Å². The molecule has 0 saturated carbocycles. The second-order valence-electron chi connectivity index (χ2n) is 9.03. The largest absolute Gasteiger partial charge is 0.458 e. The van der Waals surface area contributed by atoms with Crippen molar-refractivity contribution in [3.63, 3.8) is 0 Å². The highest BCUT2D eigenvalue weighted by Gasteiger charge is 2.27. The van der Waals surface area contributed by atoms with Crippen molar-refractivity contribution in [2.45, 2.75) is 44.8 Å². The van der Waals surface area contributed by atoms with Crippen molar-refractivity contribution in [1.82, 2.24) is 14.9 Å². The molecule has 2 aliphatic heterocycles. The van der Waals surface area contributed by atoms with E-state index in [4.69, 9.17) is 19.7 Å². The summed E-state index contributed by atoms with van der Waals surface area (Å²) in [5, 5.41) is 8.87. The van der Waals surface area contributed by atoms with Crippen LogP contribution >= 0.6 is 0 Å². The number of benzene rings is 1. The van der Waals surface area contributed by atoms with E-state index in [-0.39, 0.29) is 18.2 Å². The summed E-state index contributed by atoms with van der Waals surface area (Å²) in [6.45, 7) is 3.78. The van der Waals surface area contributed by atoms with Gasteiger partial charge in [0.1, 0.15) is 12.4 Å². The summed E-state index contributed by atoms with van der Waals surface area (Å²) < 4.78 is 25.3. The highest BCUT2D eigenvalue weighted by Crippen LogP contribution is 2.32. The Hall–Kier alpha value is -3.31. The maximum Gasteiger partial charge on any atom is 0.317 e. The van der Waals surface area contributed by atoms with Gasteiger partial charge in [0.15, 0.2) is 0 Å². The average molecular weight is 462 g/mol. The minimum atomic E-state index is -0.470. The summed E-state index contributed by atoms with van der Waals surface area (Å²) >= 11 is 0. The number of halogens is 1. The standard InChI is InChI=1S/C26H28FN5O2/c27-23-13-19(15-28)3-6-21(23)17-34-26-30-9-7-24(31-26)20-4-1-18(2-5-20)14-25-29-10-11-32(25)16-22-8-12-33-22/h3-4,6-7,9,13,18,22H,1-2,5,8,10-12,14,16-17H2/t18?,22-/m0/s1. The van der Waals surface area contributed by atoms with Crippen molar-refractivity contribution in [3.8, 4) is 12.1 Å². The first kappa shape index (κ1) is 22.5. The SMILES string of the molecule is N#Cc1ccc(COc2nccc(C3=CCC(CC4=NCCN4C[C@@H]4CCO4)CC3)n2)c(F)c1. The van der Waals surface area contributed by atoms with Crippen LogP contribution in [0.2, 0.25) is 0 Å². The normalized spacial score (nSPS) is 21.9. The van der Waals surface area contributed by atoms with Crippen molar-refractivity contribution in [2.75, 3.05) is 26.2 Å². The molecule has 1 saturated heterocycles. The summed E-state index contributed by atoms with van der Waals surface area (Å²) in [7, 11) is 0. The summed E-state index contributed by atoms with van der Waals surface area (Å²) in [5.74, 6) is 1.36. The minimum Gasteiger partial charge on any atom is -0.458 e. The lowest BCUT2D eigenvalue weighted by Crippen LogP contribution is -2.42. The van der Waals surface area contributed by atoms with E-state index in [1.54, 1.807) is 18.3 Å². The molecular formula is C26H28FN5O2. The van der Waals surface area contributed by atoms with Crippen molar-refractivity contribution in [2.24, 2.45) is 10.9 Å². The number of nitriles is 1. The van der Waals surface area contributed by atoms with Gasteiger partial charge in [-0.15, -0.1) is 0 Å². The van der Waals surface area contributed by atoms with Crippen molar-refractivity contribution >= 4 is 11.4 Å². The van der Waals surface area contributed by atoms with E-state index < -0.39 is 5.82 Å². The van der Waals surface area contributed by atoms with Crippen molar-refractivity contribution in [3.05, 3.63) is 59.2 Å². The van der Waals surface area contributed by atoms with Crippen LogP contribution in [0, 0.1) is 23.1 Å². The van der Waals surface area contributed by atoms with E-state index in [0.717, 1.165) is 64.0 Å². The molecule has 1 unspecified atom stereocenters. The molecule has 2 aromatic rings. The van der Waals surface area contributed by atoms with Crippen LogP contribution in [0.15, 0.2) is 41.5 Å². The number of allylic oxidation sites excluding steroid dienone is 2. The number of aromatic nitrogens is 2. The van der Waals surface area contributed by atoms with E-state index in [1.165, 1.54) is 17.5 Å². The molecular weight excluding hydrogens is 433 g/mol. The zero-order valence-electron chi connectivity index (χ0n) is 19.1. The van der Waals surface area contributed by atoms with Crippen LogP contribution in [-0.2, 0) is 11.3 Å². The van der Waals surface area contributed by atoms with E-state index in [2.05, 4.69) is 20.9 Å². The Bertz CT molecular complexity index is 1140. The predicted octanol–water partition coefficient (Wildman–Crippen LogP) is 4.14. The van der Waals surface area contributed by atoms with Crippen LogP contribution in [0.5, 0.6) is 6.01 Å². The summed E-state index contributed by atoms with van der Waals surface area (Å²) in [5.41, 5.74) is 2.69. The Morgan fingerprint density at radius 1 is 1.26 bits per heavy atom. The van der Waals surface area contributed by atoms with Gasteiger partial charge in [0, 0.05) is 37.9 Å². The Morgan fingerprint density at radius 2 is 2.18 bits per heavy atom. The van der Waals surface area contributed by atoms with Gasteiger partial charge in [0.2, 0.25) is 0 Å². The first-order valence-electron chi connectivity index (χ1n) is 11.9. The van der Waals surface area contributed by atoms with E-state index in [9.17, 15) is 4.39 Å². The molecule has 0 N–H and O–H groups in total. The molecule has 176 valence electrons. The lowest BCUT2D eigenvalue weighted by molar-refractivity contribution is -0.0582.